The number of hydrogen-bond acceptors (Lipinski definition) is 3. The van der Waals surface area contributed by atoms with Crippen LogP contribution in [-0.2, 0) is 0 Å². The molecular weight excluding hydrogens is 280 g/mol. The van der Waals surface area contributed by atoms with Crippen molar-refractivity contribution < 1.29 is 9.53 Å². The van der Waals surface area contributed by atoms with Gasteiger partial charge in [-0.2, -0.15) is 0 Å². The zero-order valence-electron chi connectivity index (χ0n) is 10.6. The fourth-order valence-corrected chi connectivity index (χ4v) is 2.34. The number of carbonyl (C=O) groups excluding carboxylic acids is 1. The first kappa shape index (κ1) is 14.0. The fourth-order valence-electron chi connectivity index (χ4n) is 1.62. The number of halogens is 1. The molecule has 0 aliphatic carbocycles. The third kappa shape index (κ3) is 3.52. The van der Waals surface area contributed by atoms with Crippen LogP contribution in [-0.4, -0.2) is 12.0 Å². The molecule has 0 heterocycles. The molecule has 0 aromatic heterocycles. The second-order valence-corrected chi connectivity index (χ2v) is 5.26. The van der Waals surface area contributed by atoms with Crippen LogP contribution < -0.4 is 4.74 Å². The van der Waals surface area contributed by atoms with Gasteiger partial charge in [0.15, 0.2) is 5.78 Å². The number of ether oxygens (including phenoxy) is 1. The predicted octanol–water partition coefficient (Wildman–Crippen LogP) is 5.06. The van der Waals surface area contributed by atoms with E-state index in [1.54, 1.807) is 30.0 Å². The van der Waals surface area contributed by atoms with Gasteiger partial charge in [0.05, 0.1) is 5.02 Å². The number of ketones is 1. The largest absolute Gasteiger partial charge is 0.457 e. The molecule has 4 heteroatoms. The Hall–Kier alpha value is -1.45. The third-order valence-corrected chi connectivity index (χ3v) is 3.67. The zero-order chi connectivity index (χ0) is 13.8. The van der Waals surface area contributed by atoms with Crippen LogP contribution in [0.5, 0.6) is 11.5 Å². The van der Waals surface area contributed by atoms with Gasteiger partial charge >= 0.3 is 0 Å². The molecule has 0 fully saturated rings. The van der Waals surface area contributed by atoms with Gasteiger partial charge in [0.1, 0.15) is 11.5 Å². The predicted molar refractivity (Wildman–Crippen MR) is 79.8 cm³/mol. The van der Waals surface area contributed by atoms with Gasteiger partial charge in [-0.1, -0.05) is 11.6 Å². The highest BCUT2D eigenvalue weighted by Crippen LogP contribution is 2.28. The van der Waals surface area contributed by atoms with Gasteiger partial charge in [-0.3, -0.25) is 4.79 Å². The highest BCUT2D eigenvalue weighted by atomic mass is 35.5. The van der Waals surface area contributed by atoms with Crippen molar-refractivity contribution in [3.05, 3.63) is 53.1 Å². The molecule has 0 aliphatic heterocycles. The molecule has 0 saturated heterocycles. The minimum atomic E-state index is -0.0547. The summed E-state index contributed by atoms with van der Waals surface area (Å²) in [4.78, 5) is 12.5. The number of benzene rings is 2. The summed E-state index contributed by atoms with van der Waals surface area (Å²) in [5.41, 5.74) is 0.506. The average molecular weight is 293 g/mol. The molecule has 0 amide bonds. The molecule has 0 bridgehead atoms. The highest BCUT2D eigenvalue weighted by molar-refractivity contribution is 7.98. The monoisotopic (exact) mass is 292 g/mol. The number of rotatable bonds is 4. The fraction of sp³-hybridized carbons (Fsp3) is 0.133. The Bertz CT molecular complexity index is 594. The lowest BCUT2D eigenvalue weighted by molar-refractivity contribution is 0.101. The minimum Gasteiger partial charge on any atom is -0.457 e. The Morgan fingerprint density at radius 1 is 1.11 bits per heavy atom. The van der Waals surface area contributed by atoms with Gasteiger partial charge in [-0.25, -0.2) is 0 Å². The van der Waals surface area contributed by atoms with Crippen LogP contribution in [0.2, 0.25) is 5.02 Å². The standard InChI is InChI=1S/C15H13ClO2S/c1-10(17)14-8-5-12(9-15(14)16)18-11-3-6-13(19-2)7-4-11/h3-9H,1-2H3. The maximum atomic E-state index is 11.3. The van der Waals surface area contributed by atoms with Crippen molar-refractivity contribution in [2.24, 2.45) is 0 Å². The quantitative estimate of drug-likeness (QED) is 0.582. The van der Waals surface area contributed by atoms with Crippen molar-refractivity contribution in [3.8, 4) is 11.5 Å². The van der Waals surface area contributed by atoms with E-state index in [1.807, 2.05) is 30.5 Å². The van der Waals surface area contributed by atoms with Crippen molar-refractivity contribution in [1.82, 2.24) is 0 Å². The lowest BCUT2D eigenvalue weighted by Crippen LogP contribution is -1.93. The molecule has 0 radical (unpaired) electrons. The van der Waals surface area contributed by atoms with E-state index in [-0.39, 0.29) is 5.78 Å². The van der Waals surface area contributed by atoms with Gasteiger partial charge in [0.25, 0.3) is 0 Å². The molecule has 0 unspecified atom stereocenters. The summed E-state index contributed by atoms with van der Waals surface area (Å²) in [6.45, 7) is 1.49. The van der Waals surface area contributed by atoms with E-state index >= 15 is 0 Å². The van der Waals surface area contributed by atoms with Gasteiger partial charge in [-0.05, 0) is 49.6 Å². The zero-order valence-corrected chi connectivity index (χ0v) is 12.2. The van der Waals surface area contributed by atoms with Gasteiger partial charge in [0, 0.05) is 16.5 Å². The third-order valence-electron chi connectivity index (χ3n) is 2.61. The van der Waals surface area contributed by atoms with Gasteiger partial charge < -0.3 is 4.74 Å². The number of Topliss-reactive ketones (excluding diaryl/α,β-unsaturated/α-hetero) is 1. The molecular formula is C15H13ClO2S. The highest BCUT2D eigenvalue weighted by Gasteiger charge is 2.07. The first-order valence-corrected chi connectivity index (χ1v) is 7.33. The number of hydrogen-bond donors (Lipinski definition) is 0. The number of thioether (sulfide) groups is 1. The summed E-state index contributed by atoms with van der Waals surface area (Å²) >= 11 is 7.71. The molecule has 2 nitrogen and oxygen atoms in total. The molecule has 0 atom stereocenters. The summed E-state index contributed by atoms with van der Waals surface area (Å²) < 4.78 is 5.69. The number of carbonyl (C=O) groups is 1. The van der Waals surface area contributed by atoms with Crippen molar-refractivity contribution in [1.29, 1.82) is 0 Å². The Morgan fingerprint density at radius 2 is 1.74 bits per heavy atom. The molecule has 2 aromatic carbocycles. The minimum absolute atomic E-state index is 0.0547. The van der Waals surface area contributed by atoms with Crippen molar-refractivity contribution in [2.75, 3.05) is 6.26 Å². The van der Waals surface area contributed by atoms with Crippen LogP contribution in [0.25, 0.3) is 0 Å². The van der Waals surface area contributed by atoms with Gasteiger partial charge in [0.2, 0.25) is 0 Å². The molecule has 2 aromatic rings. The maximum Gasteiger partial charge on any atom is 0.161 e. The van der Waals surface area contributed by atoms with Crippen LogP contribution in [0.15, 0.2) is 47.4 Å². The van der Waals surface area contributed by atoms with E-state index in [0.29, 0.717) is 16.3 Å². The SMILES string of the molecule is CSc1ccc(Oc2ccc(C(C)=O)c(Cl)c2)cc1. The molecule has 0 saturated carbocycles. The molecule has 0 aliphatic rings. The Labute approximate surface area is 121 Å². The molecule has 98 valence electrons. The van der Waals surface area contributed by atoms with Crippen molar-refractivity contribution in [3.63, 3.8) is 0 Å². The summed E-state index contributed by atoms with van der Waals surface area (Å²) in [6, 6.07) is 12.9. The van der Waals surface area contributed by atoms with Crippen molar-refractivity contribution >= 4 is 29.1 Å². The Morgan fingerprint density at radius 3 is 2.26 bits per heavy atom. The summed E-state index contributed by atoms with van der Waals surface area (Å²) in [7, 11) is 0. The van der Waals surface area contributed by atoms with E-state index in [9.17, 15) is 4.79 Å². The van der Waals surface area contributed by atoms with E-state index in [0.717, 1.165) is 5.75 Å². The molecule has 2 rings (SSSR count). The summed E-state index contributed by atoms with van der Waals surface area (Å²) in [5.74, 6) is 1.30. The molecule has 0 spiro atoms. The normalized spacial score (nSPS) is 10.3. The summed E-state index contributed by atoms with van der Waals surface area (Å²) in [5, 5.41) is 0.408. The Kier molecular flexibility index (Phi) is 4.51. The maximum absolute atomic E-state index is 11.3. The molecule has 0 N–H and O–H groups in total. The first-order valence-electron chi connectivity index (χ1n) is 5.72. The Balaban J connectivity index is 2.18. The van der Waals surface area contributed by atoms with E-state index in [1.165, 1.54) is 11.8 Å². The second kappa shape index (κ2) is 6.13. The van der Waals surface area contributed by atoms with Crippen LogP contribution in [0.4, 0.5) is 0 Å². The van der Waals surface area contributed by atoms with Gasteiger partial charge in [-0.15, -0.1) is 11.8 Å². The van der Waals surface area contributed by atoms with Crippen molar-refractivity contribution in [2.45, 2.75) is 11.8 Å². The first-order chi connectivity index (χ1) is 9.10. The average Bonchev–Trinajstić information content (AvgIpc) is 2.39. The summed E-state index contributed by atoms with van der Waals surface area (Å²) in [6.07, 6.45) is 2.02. The lowest BCUT2D eigenvalue weighted by Gasteiger charge is -2.08. The van der Waals surface area contributed by atoms with E-state index in [4.69, 9.17) is 16.3 Å². The van der Waals surface area contributed by atoms with E-state index < -0.39 is 0 Å². The topological polar surface area (TPSA) is 26.3 Å². The van der Waals surface area contributed by atoms with Crippen LogP contribution in [0, 0.1) is 0 Å². The van der Waals surface area contributed by atoms with Crippen LogP contribution in [0.3, 0.4) is 0 Å². The second-order valence-electron chi connectivity index (χ2n) is 3.98. The van der Waals surface area contributed by atoms with Crippen LogP contribution in [0.1, 0.15) is 17.3 Å². The smallest absolute Gasteiger partial charge is 0.161 e. The van der Waals surface area contributed by atoms with Crippen LogP contribution >= 0.6 is 23.4 Å². The lowest BCUT2D eigenvalue weighted by atomic mass is 10.1. The molecule has 19 heavy (non-hydrogen) atoms. The van der Waals surface area contributed by atoms with E-state index in [2.05, 4.69) is 0 Å².